The van der Waals surface area contributed by atoms with Crippen LogP contribution in [0, 0.1) is 0 Å². The Kier molecular flexibility index (Phi) is 3.42. The van der Waals surface area contributed by atoms with Gasteiger partial charge in [-0.25, -0.2) is 13.4 Å². The van der Waals surface area contributed by atoms with Crippen LogP contribution in [0.15, 0.2) is 23.1 Å². The molecule has 1 fully saturated rings. The van der Waals surface area contributed by atoms with Crippen LogP contribution in [0.5, 0.6) is 0 Å². The monoisotopic (exact) mass is 308 g/mol. The van der Waals surface area contributed by atoms with Gasteiger partial charge in [-0.1, -0.05) is 6.07 Å². The van der Waals surface area contributed by atoms with Gasteiger partial charge in [0.25, 0.3) is 0 Å². The van der Waals surface area contributed by atoms with E-state index in [2.05, 4.69) is 20.6 Å². The van der Waals surface area contributed by atoms with E-state index in [4.69, 9.17) is 0 Å². The molecule has 3 N–H and O–H groups in total. The molecule has 2 heterocycles. The number of carbonyl (C=O) groups is 1. The van der Waals surface area contributed by atoms with Crippen LogP contribution in [0.25, 0.3) is 11.0 Å². The van der Waals surface area contributed by atoms with Gasteiger partial charge >= 0.3 is 0 Å². The fourth-order valence-electron chi connectivity index (χ4n) is 2.46. The van der Waals surface area contributed by atoms with Crippen LogP contribution in [-0.4, -0.2) is 49.7 Å². The third kappa shape index (κ3) is 2.77. The zero-order chi connectivity index (χ0) is 15.0. The Balaban J connectivity index is 1.96. The van der Waals surface area contributed by atoms with Crippen molar-refractivity contribution in [3.8, 4) is 0 Å². The standard InChI is InChI=1S/C13H16N4O3S/c1-21(19,20)10-4-2-3-8-12(10)17-11(16-8)7-9-13(18)15-6-5-14-9/h2-4,9,14H,5-7H2,1H3,(H,15,18)(H,16,17). The summed E-state index contributed by atoms with van der Waals surface area (Å²) < 4.78 is 23.5. The second kappa shape index (κ2) is 5.12. The van der Waals surface area contributed by atoms with Gasteiger partial charge in [0.2, 0.25) is 5.91 Å². The number of sulfone groups is 1. The first-order chi connectivity index (χ1) is 9.95. The lowest BCUT2D eigenvalue weighted by atomic mass is 10.1. The number of carbonyl (C=O) groups excluding carboxylic acids is 1. The molecule has 1 amide bonds. The van der Waals surface area contributed by atoms with Crippen LogP contribution in [0.3, 0.4) is 0 Å². The van der Waals surface area contributed by atoms with Crippen LogP contribution < -0.4 is 10.6 Å². The van der Waals surface area contributed by atoms with Gasteiger partial charge in [-0.05, 0) is 12.1 Å². The molecular weight excluding hydrogens is 292 g/mol. The molecule has 0 aliphatic carbocycles. The highest BCUT2D eigenvalue weighted by molar-refractivity contribution is 7.91. The summed E-state index contributed by atoms with van der Waals surface area (Å²) in [4.78, 5) is 19.4. The molecule has 1 atom stereocenters. The van der Waals surface area contributed by atoms with Gasteiger partial charge in [0, 0.05) is 25.8 Å². The minimum absolute atomic E-state index is 0.0648. The number of aromatic amines is 1. The summed E-state index contributed by atoms with van der Waals surface area (Å²) in [5, 5.41) is 5.90. The average Bonchev–Trinajstić information content (AvgIpc) is 2.82. The Labute approximate surface area is 122 Å². The van der Waals surface area contributed by atoms with E-state index in [1.165, 1.54) is 6.07 Å². The van der Waals surface area contributed by atoms with Gasteiger partial charge in [0.1, 0.15) is 11.3 Å². The molecule has 1 aromatic carbocycles. The maximum absolute atomic E-state index is 11.8. The van der Waals surface area contributed by atoms with Crippen LogP contribution >= 0.6 is 0 Å². The topological polar surface area (TPSA) is 104 Å². The van der Waals surface area contributed by atoms with Crippen molar-refractivity contribution in [2.24, 2.45) is 0 Å². The van der Waals surface area contributed by atoms with E-state index in [-0.39, 0.29) is 16.8 Å². The highest BCUT2D eigenvalue weighted by atomic mass is 32.2. The molecule has 1 aromatic heterocycles. The zero-order valence-electron chi connectivity index (χ0n) is 11.5. The summed E-state index contributed by atoms with van der Waals surface area (Å²) in [6.07, 6.45) is 1.55. The van der Waals surface area contributed by atoms with Crippen molar-refractivity contribution in [3.63, 3.8) is 0 Å². The SMILES string of the molecule is CS(=O)(=O)c1cccc2[nH]c(CC3NCCNC3=O)nc12. The van der Waals surface area contributed by atoms with Crippen molar-refractivity contribution in [1.82, 2.24) is 20.6 Å². The molecule has 21 heavy (non-hydrogen) atoms. The van der Waals surface area contributed by atoms with E-state index in [1.807, 2.05) is 0 Å². The van der Waals surface area contributed by atoms with Crippen LogP contribution in [0.1, 0.15) is 5.82 Å². The lowest BCUT2D eigenvalue weighted by Gasteiger charge is -2.22. The number of piperazine rings is 1. The Morgan fingerprint density at radius 1 is 1.33 bits per heavy atom. The van der Waals surface area contributed by atoms with Crippen LogP contribution in [0.2, 0.25) is 0 Å². The molecule has 0 radical (unpaired) electrons. The fourth-order valence-corrected chi connectivity index (χ4v) is 3.29. The summed E-state index contributed by atoms with van der Waals surface area (Å²) in [6.45, 7) is 1.33. The van der Waals surface area contributed by atoms with Gasteiger partial charge in [-0.2, -0.15) is 0 Å². The lowest BCUT2D eigenvalue weighted by molar-refractivity contribution is -0.124. The number of hydrogen-bond acceptors (Lipinski definition) is 5. The number of nitrogens with zero attached hydrogens (tertiary/aromatic N) is 1. The van der Waals surface area contributed by atoms with Crippen molar-refractivity contribution in [3.05, 3.63) is 24.0 Å². The summed E-state index contributed by atoms with van der Waals surface area (Å²) >= 11 is 0. The molecule has 1 aliphatic rings. The Bertz CT molecular complexity index is 797. The fraction of sp³-hybridized carbons (Fsp3) is 0.385. The maximum atomic E-state index is 11.8. The normalized spacial score (nSPS) is 19.7. The van der Waals surface area contributed by atoms with E-state index in [0.29, 0.717) is 36.4 Å². The van der Waals surface area contributed by atoms with E-state index >= 15 is 0 Å². The minimum Gasteiger partial charge on any atom is -0.353 e. The van der Waals surface area contributed by atoms with E-state index in [1.54, 1.807) is 12.1 Å². The van der Waals surface area contributed by atoms with Crippen molar-refractivity contribution in [2.45, 2.75) is 17.4 Å². The Hall–Kier alpha value is -1.93. The molecule has 0 spiro atoms. The van der Waals surface area contributed by atoms with E-state index < -0.39 is 9.84 Å². The second-order valence-electron chi connectivity index (χ2n) is 5.11. The molecule has 3 rings (SSSR count). The average molecular weight is 308 g/mol. The quantitative estimate of drug-likeness (QED) is 0.715. The maximum Gasteiger partial charge on any atom is 0.237 e. The number of benzene rings is 1. The molecule has 8 heteroatoms. The zero-order valence-corrected chi connectivity index (χ0v) is 12.3. The van der Waals surface area contributed by atoms with Crippen molar-refractivity contribution in [2.75, 3.05) is 19.3 Å². The molecule has 7 nitrogen and oxygen atoms in total. The van der Waals surface area contributed by atoms with Crippen molar-refractivity contribution >= 4 is 26.8 Å². The van der Waals surface area contributed by atoms with Crippen molar-refractivity contribution in [1.29, 1.82) is 0 Å². The predicted octanol–water partition coefficient (Wildman–Crippen LogP) is -0.403. The predicted molar refractivity (Wildman–Crippen MR) is 77.7 cm³/mol. The van der Waals surface area contributed by atoms with Gasteiger partial charge < -0.3 is 15.6 Å². The first kappa shape index (κ1) is 14.0. The summed E-state index contributed by atoms with van der Waals surface area (Å²) in [5.41, 5.74) is 1.08. The molecule has 1 unspecified atom stereocenters. The molecule has 0 bridgehead atoms. The number of hydrogen-bond donors (Lipinski definition) is 3. The van der Waals surface area contributed by atoms with Crippen LogP contribution in [-0.2, 0) is 21.1 Å². The lowest BCUT2D eigenvalue weighted by Crippen LogP contribution is -2.53. The largest absolute Gasteiger partial charge is 0.353 e. The second-order valence-corrected chi connectivity index (χ2v) is 7.09. The van der Waals surface area contributed by atoms with Crippen LogP contribution in [0.4, 0.5) is 0 Å². The highest BCUT2D eigenvalue weighted by Gasteiger charge is 2.23. The molecule has 0 saturated carbocycles. The summed E-state index contributed by atoms with van der Waals surface area (Å²) in [7, 11) is -3.34. The first-order valence-electron chi connectivity index (χ1n) is 6.64. The molecule has 112 valence electrons. The van der Waals surface area contributed by atoms with Gasteiger partial charge in [-0.3, -0.25) is 4.79 Å². The van der Waals surface area contributed by atoms with Gasteiger partial charge in [0.15, 0.2) is 9.84 Å². The smallest absolute Gasteiger partial charge is 0.237 e. The first-order valence-corrected chi connectivity index (χ1v) is 8.53. The number of amides is 1. The third-order valence-electron chi connectivity index (χ3n) is 3.45. The number of aromatic nitrogens is 2. The number of para-hydroxylation sites is 1. The Morgan fingerprint density at radius 2 is 2.14 bits per heavy atom. The molecule has 1 saturated heterocycles. The summed E-state index contributed by atoms with van der Waals surface area (Å²) in [5.74, 6) is 0.528. The number of nitrogens with one attached hydrogen (secondary N) is 3. The molecule has 2 aromatic rings. The number of fused-ring (bicyclic) bond motifs is 1. The van der Waals surface area contributed by atoms with E-state index in [9.17, 15) is 13.2 Å². The number of imidazole rings is 1. The van der Waals surface area contributed by atoms with E-state index in [0.717, 1.165) is 6.26 Å². The van der Waals surface area contributed by atoms with Crippen molar-refractivity contribution < 1.29 is 13.2 Å². The highest BCUT2D eigenvalue weighted by Crippen LogP contribution is 2.21. The Morgan fingerprint density at radius 3 is 2.86 bits per heavy atom. The third-order valence-corrected chi connectivity index (χ3v) is 4.58. The van der Waals surface area contributed by atoms with Gasteiger partial charge in [0.05, 0.1) is 16.5 Å². The molecular formula is C13H16N4O3S. The number of rotatable bonds is 3. The number of H-pyrrole nitrogens is 1. The molecule has 1 aliphatic heterocycles. The summed E-state index contributed by atoms with van der Waals surface area (Å²) in [6, 6.07) is 4.63. The van der Waals surface area contributed by atoms with Gasteiger partial charge in [-0.15, -0.1) is 0 Å². The minimum atomic E-state index is -3.34.